The van der Waals surface area contributed by atoms with Crippen LogP contribution in [0.5, 0.6) is 0 Å². The molecule has 2 aliphatic rings. The van der Waals surface area contributed by atoms with E-state index in [2.05, 4.69) is 39.1 Å². The lowest BCUT2D eigenvalue weighted by Crippen LogP contribution is -2.45. The second kappa shape index (κ2) is 4.73. The Balaban J connectivity index is 2.24. The first-order valence-corrected chi connectivity index (χ1v) is 7.81. The van der Waals surface area contributed by atoms with Gasteiger partial charge < -0.3 is 5.32 Å². The lowest BCUT2D eigenvalue weighted by atomic mass is 9.82. The summed E-state index contributed by atoms with van der Waals surface area (Å²) >= 11 is 0. The third-order valence-corrected chi connectivity index (χ3v) is 4.77. The molecule has 0 aromatic rings. The fourth-order valence-corrected chi connectivity index (χ4v) is 3.87. The Morgan fingerprint density at radius 3 is 2.26 bits per heavy atom. The molecular weight excluding hydrogens is 234 g/mol. The van der Waals surface area contributed by atoms with Crippen molar-refractivity contribution in [1.29, 1.82) is 0 Å². The molecule has 2 nitrogen and oxygen atoms in total. The minimum Gasteiger partial charge on any atom is -0.304 e. The van der Waals surface area contributed by atoms with Gasteiger partial charge in [0, 0.05) is 12.0 Å². The molecule has 1 saturated carbocycles. The van der Waals surface area contributed by atoms with E-state index in [1.54, 1.807) is 0 Å². The zero-order valence-electron chi connectivity index (χ0n) is 13.3. The van der Waals surface area contributed by atoms with Gasteiger partial charge in [0.2, 0.25) is 0 Å². The van der Waals surface area contributed by atoms with Crippen LogP contribution in [0.25, 0.3) is 0 Å². The maximum atomic E-state index is 12.8. The van der Waals surface area contributed by atoms with Crippen molar-refractivity contribution < 1.29 is 4.79 Å². The first-order chi connectivity index (χ1) is 8.78. The number of rotatable bonds is 7. The molecule has 0 aromatic carbocycles. The van der Waals surface area contributed by atoms with E-state index in [-0.39, 0.29) is 16.9 Å². The molecule has 0 spiro atoms. The second-order valence-electron chi connectivity index (χ2n) is 7.38. The summed E-state index contributed by atoms with van der Waals surface area (Å²) in [7, 11) is 0. The van der Waals surface area contributed by atoms with Crippen LogP contribution >= 0.6 is 0 Å². The predicted molar refractivity (Wildman–Crippen MR) is 80.1 cm³/mol. The number of carbonyl (C=O) groups excluding carboxylic acids is 1. The Kier molecular flexibility index (Phi) is 3.68. The maximum Gasteiger partial charge on any atom is 0.147 e. The average Bonchev–Trinajstić information content (AvgIpc) is 2.66. The van der Waals surface area contributed by atoms with E-state index in [0.29, 0.717) is 17.7 Å². The van der Waals surface area contributed by atoms with Crippen molar-refractivity contribution in [1.82, 2.24) is 5.32 Å². The highest BCUT2D eigenvalue weighted by atomic mass is 16.1. The number of nitrogens with one attached hydrogen (secondary N) is 1. The maximum absolute atomic E-state index is 12.8. The molecule has 1 unspecified atom stereocenters. The van der Waals surface area contributed by atoms with Crippen LogP contribution in [0.4, 0.5) is 0 Å². The van der Waals surface area contributed by atoms with Crippen molar-refractivity contribution in [3.8, 4) is 0 Å². The number of hydrogen-bond donors (Lipinski definition) is 1. The van der Waals surface area contributed by atoms with Crippen LogP contribution in [-0.4, -0.2) is 17.4 Å². The fourth-order valence-electron chi connectivity index (χ4n) is 3.87. The molecule has 1 N–H and O–H groups in total. The number of hydrogen-bond acceptors (Lipinski definition) is 2. The Bertz CT molecular complexity index is 407. The summed E-state index contributed by atoms with van der Waals surface area (Å²) in [6, 6.07) is 0.435. The van der Waals surface area contributed by atoms with Gasteiger partial charge >= 0.3 is 0 Å². The summed E-state index contributed by atoms with van der Waals surface area (Å²) < 4.78 is 0. The van der Waals surface area contributed by atoms with Crippen molar-refractivity contribution in [3.63, 3.8) is 0 Å². The van der Waals surface area contributed by atoms with Gasteiger partial charge in [0.1, 0.15) is 5.78 Å². The van der Waals surface area contributed by atoms with E-state index >= 15 is 0 Å². The molecule has 2 aliphatic carbocycles. The Hall–Kier alpha value is -0.630. The summed E-state index contributed by atoms with van der Waals surface area (Å²) in [6.45, 7) is 12.9. The van der Waals surface area contributed by atoms with Crippen LogP contribution in [-0.2, 0) is 4.79 Å². The SMILES string of the molecule is CC(C)CC[C@@]1(C(=O)C(C)C)C2=CCC21NC(C)C. The Morgan fingerprint density at radius 2 is 1.89 bits per heavy atom. The van der Waals surface area contributed by atoms with Crippen molar-refractivity contribution in [2.45, 2.75) is 72.4 Å². The third-order valence-electron chi connectivity index (χ3n) is 4.77. The van der Waals surface area contributed by atoms with Gasteiger partial charge in [-0.2, -0.15) is 0 Å². The number of fused-ring (bicyclic) bond motifs is 1. The molecular formula is C17H29NO. The second-order valence-corrected chi connectivity index (χ2v) is 7.38. The van der Waals surface area contributed by atoms with Crippen LogP contribution in [0.2, 0.25) is 0 Å². The minimum atomic E-state index is -0.171. The molecule has 2 heteroatoms. The standard InChI is InChI=1S/C17H29NO/c1-11(2)7-9-16(15(19)12(3)4)14-8-10-17(14,16)18-13(5)6/h8,11-13,18H,7,9-10H2,1-6H3/t16-,17?/m0/s1. The van der Waals surface area contributed by atoms with Crippen molar-refractivity contribution >= 4 is 5.78 Å². The molecule has 1 fully saturated rings. The molecule has 0 amide bonds. The molecule has 2 atom stereocenters. The van der Waals surface area contributed by atoms with Crippen LogP contribution in [0, 0.1) is 17.3 Å². The summed E-state index contributed by atoms with van der Waals surface area (Å²) in [5.74, 6) is 1.24. The van der Waals surface area contributed by atoms with Gasteiger partial charge in [-0.1, -0.05) is 47.6 Å². The molecule has 0 aliphatic heterocycles. The van der Waals surface area contributed by atoms with Gasteiger partial charge in [-0.15, -0.1) is 0 Å². The molecule has 0 heterocycles. The molecule has 19 heavy (non-hydrogen) atoms. The van der Waals surface area contributed by atoms with Crippen LogP contribution in [0.1, 0.15) is 60.8 Å². The highest BCUT2D eigenvalue weighted by Gasteiger charge is 2.78. The van der Waals surface area contributed by atoms with E-state index in [4.69, 9.17) is 0 Å². The lowest BCUT2D eigenvalue weighted by Gasteiger charge is -2.28. The zero-order chi connectivity index (χ0) is 14.4. The fraction of sp³-hybridized carbons (Fsp3) is 0.824. The van der Waals surface area contributed by atoms with Gasteiger partial charge in [-0.25, -0.2) is 0 Å². The monoisotopic (exact) mass is 263 g/mol. The average molecular weight is 263 g/mol. The largest absolute Gasteiger partial charge is 0.304 e. The van der Waals surface area contributed by atoms with E-state index in [0.717, 1.165) is 19.3 Å². The first-order valence-electron chi connectivity index (χ1n) is 7.81. The quantitative estimate of drug-likeness (QED) is 0.709. The summed E-state index contributed by atoms with van der Waals surface area (Å²) in [5.41, 5.74) is 1.25. The van der Waals surface area contributed by atoms with Crippen LogP contribution < -0.4 is 5.32 Å². The van der Waals surface area contributed by atoms with Gasteiger partial charge in [0.15, 0.2) is 0 Å². The normalized spacial score (nSPS) is 32.4. The molecule has 0 saturated heterocycles. The first kappa shape index (κ1) is 14.8. The van der Waals surface area contributed by atoms with Crippen molar-refractivity contribution in [2.75, 3.05) is 0 Å². The predicted octanol–water partition coefficient (Wildman–Crippen LogP) is 3.71. The summed E-state index contributed by atoms with van der Waals surface area (Å²) in [6.07, 6.45) is 5.48. The van der Waals surface area contributed by atoms with Gasteiger partial charge in [-0.3, -0.25) is 4.79 Å². The van der Waals surface area contributed by atoms with Crippen LogP contribution in [0.3, 0.4) is 0 Å². The molecule has 0 radical (unpaired) electrons. The van der Waals surface area contributed by atoms with Crippen LogP contribution in [0.15, 0.2) is 11.6 Å². The van der Waals surface area contributed by atoms with E-state index in [1.807, 2.05) is 13.8 Å². The van der Waals surface area contributed by atoms with Gasteiger partial charge in [0.05, 0.1) is 11.0 Å². The van der Waals surface area contributed by atoms with Gasteiger partial charge in [-0.05, 0) is 30.8 Å². The van der Waals surface area contributed by atoms with E-state index in [1.165, 1.54) is 5.57 Å². The number of ketones is 1. The van der Waals surface area contributed by atoms with E-state index < -0.39 is 0 Å². The topological polar surface area (TPSA) is 29.1 Å². The molecule has 2 rings (SSSR count). The third kappa shape index (κ3) is 1.99. The van der Waals surface area contributed by atoms with E-state index in [9.17, 15) is 4.79 Å². The molecule has 108 valence electrons. The highest BCUT2D eigenvalue weighted by molar-refractivity contribution is 6.00. The van der Waals surface area contributed by atoms with Gasteiger partial charge in [0.25, 0.3) is 0 Å². The number of carbonyl (C=O) groups is 1. The summed E-state index contributed by atoms with van der Waals surface area (Å²) in [5, 5.41) is 3.69. The lowest BCUT2D eigenvalue weighted by molar-refractivity contribution is -0.128. The molecule has 0 aromatic heterocycles. The number of Topliss-reactive ketones (excluding diaryl/α,β-unsaturated/α-hetero) is 1. The van der Waals surface area contributed by atoms with Crippen molar-refractivity contribution in [3.05, 3.63) is 11.6 Å². The zero-order valence-corrected chi connectivity index (χ0v) is 13.3. The summed E-state index contributed by atoms with van der Waals surface area (Å²) in [4.78, 5) is 12.8. The smallest absolute Gasteiger partial charge is 0.147 e. The Morgan fingerprint density at radius 1 is 1.26 bits per heavy atom. The Labute approximate surface area is 118 Å². The highest BCUT2D eigenvalue weighted by Crippen LogP contribution is 2.73. The minimum absolute atomic E-state index is 0.0252. The molecule has 0 bridgehead atoms. The van der Waals surface area contributed by atoms with Crippen molar-refractivity contribution in [2.24, 2.45) is 17.3 Å².